The van der Waals surface area contributed by atoms with Crippen molar-refractivity contribution in [3.8, 4) is 5.69 Å². The topological polar surface area (TPSA) is 55.6 Å². The lowest BCUT2D eigenvalue weighted by Crippen LogP contribution is -2.36. The number of nitrogens with zero attached hydrogens (tertiary/aromatic N) is 4. The zero-order valence-electron chi connectivity index (χ0n) is 12.2. The van der Waals surface area contributed by atoms with Crippen LogP contribution in [0.1, 0.15) is 27.2 Å². The smallest absolute Gasteiger partial charge is 0.214 e. The van der Waals surface area contributed by atoms with Crippen LogP contribution in [0, 0.1) is 0 Å². The van der Waals surface area contributed by atoms with Gasteiger partial charge in [0.1, 0.15) is 0 Å². The van der Waals surface area contributed by atoms with E-state index < -0.39 is 0 Å². The number of para-hydroxylation sites is 1. The van der Waals surface area contributed by atoms with Gasteiger partial charge < -0.3 is 5.32 Å². The van der Waals surface area contributed by atoms with Crippen molar-refractivity contribution >= 4 is 11.8 Å². The number of thioether (sulfide) groups is 1. The van der Waals surface area contributed by atoms with Gasteiger partial charge in [0.25, 0.3) is 0 Å². The highest BCUT2D eigenvalue weighted by atomic mass is 32.2. The van der Waals surface area contributed by atoms with Gasteiger partial charge in [0, 0.05) is 11.3 Å². The molecule has 0 radical (unpaired) electrons. The average Bonchev–Trinajstić information content (AvgIpc) is 2.93. The van der Waals surface area contributed by atoms with Crippen LogP contribution in [0.2, 0.25) is 0 Å². The molecule has 0 fully saturated rings. The number of hydrogen-bond acceptors (Lipinski definition) is 5. The molecule has 0 saturated carbocycles. The molecule has 0 amide bonds. The molecule has 2 atom stereocenters. The number of benzene rings is 1. The number of aromatic nitrogens is 4. The van der Waals surface area contributed by atoms with E-state index in [0.717, 1.165) is 23.8 Å². The number of tetrazole rings is 1. The molecule has 1 aromatic heterocycles. The van der Waals surface area contributed by atoms with E-state index in [0.29, 0.717) is 11.3 Å². The Kier molecular flexibility index (Phi) is 5.55. The van der Waals surface area contributed by atoms with E-state index >= 15 is 0 Å². The molecule has 5 nitrogen and oxygen atoms in total. The fraction of sp³-hybridized carbons (Fsp3) is 0.500. The Labute approximate surface area is 124 Å². The van der Waals surface area contributed by atoms with Crippen LogP contribution >= 0.6 is 11.8 Å². The third kappa shape index (κ3) is 3.58. The van der Waals surface area contributed by atoms with Gasteiger partial charge in [-0.2, -0.15) is 4.68 Å². The Morgan fingerprint density at radius 3 is 2.65 bits per heavy atom. The highest BCUT2D eigenvalue weighted by Crippen LogP contribution is 2.25. The van der Waals surface area contributed by atoms with Crippen molar-refractivity contribution in [2.75, 3.05) is 6.54 Å². The SMILES string of the molecule is CCNC(CC)C(C)Sc1nnnn1-c1ccccc1. The molecular formula is C14H21N5S. The van der Waals surface area contributed by atoms with Crippen LogP contribution in [0.5, 0.6) is 0 Å². The van der Waals surface area contributed by atoms with Crippen molar-refractivity contribution in [3.05, 3.63) is 30.3 Å². The van der Waals surface area contributed by atoms with E-state index in [1.807, 2.05) is 30.3 Å². The van der Waals surface area contributed by atoms with Crippen molar-refractivity contribution in [1.82, 2.24) is 25.5 Å². The molecule has 2 unspecified atom stereocenters. The number of rotatable bonds is 7. The third-order valence-corrected chi connectivity index (χ3v) is 4.37. The van der Waals surface area contributed by atoms with Gasteiger partial charge in [0.15, 0.2) is 0 Å². The summed E-state index contributed by atoms with van der Waals surface area (Å²) in [7, 11) is 0. The normalized spacial score (nSPS) is 14.2. The van der Waals surface area contributed by atoms with Gasteiger partial charge in [-0.15, -0.1) is 5.10 Å². The Morgan fingerprint density at radius 2 is 2.00 bits per heavy atom. The summed E-state index contributed by atoms with van der Waals surface area (Å²) >= 11 is 1.71. The molecule has 0 aliphatic heterocycles. The van der Waals surface area contributed by atoms with Crippen molar-refractivity contribution in [3.63, 3.8) is 0 Å². The standard InChI is InChI=1S/C14H21N5S/c1-4-13(15-5-2)11(3)20-14-16-17-18-19(14)12-9-7-6-8-10-12/h6-11,13,15H,4-5H2,1-3H3. The molecule has 108 valence electrons. The maximum absolute atomic E-state index is 4.15. The van der Waals surface area contributed by atoms with E-state index in [1.165, 1.54) is 0 Å². The summed E-state index contributed by atoms with van der Waals surface area (Å²) in [6, 6.07) is 10.4. The monoisotopic (exact) mass is 291 g/mol. The van der Waals surface area contributed by atoms with Crippen LogP contribution < -0.4 is 5.32 Å². The van der Waals surface area contributed by atoms with Crippen molar-refractivity contribution in [2.45, 2.75) is 43.6 Å². The zero-order valence-corrected chi connectivity index (χ0v) is 13.0. The molecule has 2 rings (SSSR count). The van der Waals surface area contributed by atoms with E-state index in [-0.39, 0.29) is 0 Å². The zero-order chi connectivity index (χ0) is 14.4. The minimum atomic E-state index is 0.411. The van der Waals surface area contributed by atoms with Gasteiger partial charge in [-0.25, -0.2) is 0 Å². The molecule has 1 aromatic carbocycles. The largest absolute Gasteiger partial charge is 0.313 e. The van der Waals surface area contributed by atoms with Crippen LogP contribution in [0.4, 0.5) is 0 Å². The predicted molar refractivity (Wildman–Crippen MR) is 82.2 cm³/mol. The molecule has 0 aliphatic carbocycles. The van der Waals surface area contributed by atoms with Crippen molar-refractivity contribution < 1.29 is 0 Å². The van der Waals surface area contributed by atoms with E-state index in [9.17, 15) is 0 Å². The summed E-state index contributed by atoms with van der Waals surface area (Å²) < 4.78 is 1.79. The first-order chi connectivity index (χ1) is 9.76. The second-order valence-corrected chi connectivity index (χ2v) is 5.95. The Hall–Kier alpha value is -1.40. The second kappa shape index (κ2) is 7.40. The summed E-state index contributed by atoms with van der Waals surface area (Å²) in [6.07, 6.45) is 1.09. The number of nitrogens with one attached hydrogen (secondary N) is 1. The minimum absolute atomic E-state index is 0.411. The van der Waals surface area contributed by atoms with Crippen LogP contribution in [0.3, 0.4) is 0 Å². The average molecular weight is 291 g/mol. The van der Waals surface area contributed by atoms with Gasteiger partial charge in [0.2, 0.25) is 5.16 Å². The number of hydrogen-bond donors (Lipinski definition) is 1. The molecule has 1 N–H and O–H groups in total. The summed E-state index contributed by atoms with van der Waals surface area (Å²) in [6.45, 7) is 7.52. The molecule has 20 heavy (non-hydrogen) atoms. The third-order valence-electron chi connectivity index (χ3n) is 3.21. The van der Waals surface area contributed by atoms with Crippen LogP contribution in [-0.4, -0.2) is 38.0 Å². The fourth-order valence-electron chi connectivity index (χ4n) is 2.14. The maximum Gasteiger partial charge on any atom is 0.214 e. The van der Waals surface area contributed by atoms with Gasteiger partial charge >= 0.3 is 0 Å². The molecule has 0 spiro atoms. The van der Waals surface area contributed by atoms with Gasteiger partial charge in [-0.3, -0.25) is 0 Å². The highest BCUT2D eigenvalue weighted by molar-refractivity contribution is 7.99. The van der Waals surface area contributed by atoms with E-state index in [4.69, 9.17) is 0 Å². The van der Waals surface area contributed by atoms with Crippen LogP contribution in [-0.2, 0) is 0 Å². The predicted octanol–water partition coefficient (Wildman–Crippen LogP) is 2.53. The summed E-state index contributed by atoms with van der Waals surface area (Å²) in [5, 5.41) is 16.8. The minimum Gasteiger partial charge on any atom is -0.313 e. The second-order valence-electron chi connectivity index (χ2n) is 4.60. The first kappa shape index (κ1) is 15.0. The fourth-order valence-corrected chi connectivity index (χ4v) is 3.25. The lowest BCUT2D eigenvalue weighted by molar-refractivity contribution is 0.508. The quantitative estimate of drug-likeness (QED) is 0.794. The van der Waals surface area contributed by atoms with E-state index in [2.05, 4.69) is 41.6 Å². The molecule has 0 aliphatic rings. The lowest BCUT2D eigenvalue weighted by atomic mass is 10.2. The van der Waals surface area contributed by atoms with Crippen molar-refractivity contribution in [2.24, 2.45) is 0 Å². The molecule has 0 bridgehead atoms. The van der Waals surface area contributed by atoms with Gasteiger partial charge in [0.05, 0.1) is 5.69 Å². The summed E-state index contributed by atoms with van der Waals surface area (Å²) in [5.74, 6) is 0. The van der Waals surface area contributed by atoms with Crippen molar-refractivity contribution in [1.29, 1.82) is 0 Å². The van der Waals surface area contributed by atoms with Crippen LogP contribution in [0.15, 0.2) is 35.5 Å². The summed E-state index contributed by atoms with van der Waals surface area (Å²) in [5.41, 5.74) is 0.990. The molecule has 1 heterocycles. The first-order valence-corrected chi connectivity index (χ1v) is 7.88. The van der Waals surface area contributed by atoms with Crippen LogP contribution in [0.25, 0.3) is 5.69 Å². The highest BCUT2D eigenvalue weighted by Gasteiger charge is 2.19. The van der Waals surface area contributed by atoms with Gasteiger partial charge in [-0.1, -0.05) is 50.7 Å². The molecule has 0 saturated heterocycles. The Bertz CT molecular complexity index is 513. The lowest BCUT2D eigenvalue weighted by Gasteiger charge is -2.22. The molecular weight excluding hydrogens is 270 g/mol. The molecule has 6 heteroatoms. The molecule has 2 aromatic rings. The first-order valence-electron chi connectivity index (χ1n) is 7.00. The van der Waals surface area contributed by atoms with E-state index in [1.54, 1.807) is 16.4 Å². The van der Waals surface area contributed by atoms with Gasteiger partial charge in [-0.05, 0) is 35.5 Å². The Balaban J connectivity index is 2.13. The maximum atomic E-state index is 4.15. The summed E-state index contributed by atoms with van der Waals surface area (Å²) in [4.78, 5) is 0. The Morgan fingerprint density at radius 1 is 1.25 bits per heavy atom.